The molecule has 1 aromatic rings. The van der Waals surface area contributed by atoms with Crippen molar-refractivity contribution in [2.45, 2.75) is 33.5 Å². The van der Waals surface area contributed by atoms with Crippen LogP contribution >= 0.6 is 0 Å². The number of nitrogens with one attached hydrogen (secondary N) is 1. The van der Waals surface area contributed by atoms with Crippen molar-refractivity contribution in [1.29, 1.82) is 0 Å². The van der Waals surface area contributed by atoms with Crippen LogP contribution in [0.5, 0.6) is 0 Å². The monoisotopic (exact) mass is 289 g/mol. The lowest BCUT2D eigenvalue weighted by Crippen LogP contribution is -2.45. The Morgan fingerprint density at radius 1 is 1.30 bits per heavy atom. The van der Waals surface area contributed by atoms with Gasteiger partial charge in [-0.15, -0.1) is 0 Å². The number of hydrogen-bond donors (Lipinski definition) is 1. The number of alkyl halides is 3. The van der Waals surface area contributed by atoms with E-state index < -0.39 is 17.2 Å². The summed E-state index contributed by atoms with van der Waals surface area (Å²) in [6.07, 6.45) is -3.61. The quantitative estimate of drug-likeness (QED) is 0.870. The fourth-order valence-corrected chi connectivity index (χ4v) is 1.47. The number of nitrogens with zero attached hydrogens (tertiary/aromatic N) is 2. The molecule has 0 spiro atoms. The maximum Gasteiger partial charge on any atom is 0.417 e. The van der Waals surface area contributed by atoms with E-state index in [1.165, 1.54) is 11.1 Å². The molecule has 112 valence electrons. The molecule has 1 rings (SSSR count). The minimum absolute atomic E-state index is 0.121. The van der Waals surface area contributed by atoms with Gasteiger partial charge in [0.15, 0.2) is 0 Å². The van der Waals surface area contributed by atoms with Gasteiger partial charge in [-0.3, -0.25) is 14.8 Å². The molecular formula is C13H18F3N3O. The number of pyridine rings is 1. The van der Waals surface area contributed by atoms with E-state index in [-0.39, 0.29) is 12.5 Å². The van der Waals surface area contributed by atoms with E-state index in [2.05, 4.69) is 10.4 Å². The Morgan fingerprint density at radius 2 is 1.90 bits per heavy atom. The van der Waals surface area contributed by atoms with E-state index in [4.69, 9.17) is 0 Å². The van der Waals surface area contributed by atoms with Gasteiger partial charge in [0, 0.05) is 18.7 Å². The molecule has 0 aliphatic carbocycles. The van der Waals surface area contributed by atoms with Crippen LogP contribution in [0.25, 0.3) is 0 Å². The zero-order valence-electron chi connectivity index (χ0n) is 11.9. The fraction of sp³-hybridized carbons (Fsp3) is 0.538. The smallest absolute Gasteiger partial charge is 0.280 e. The van der Waals surface area contributed by atoms with Crippen molar-refractivity contribution in [2.24, 2.45) is 5.41 Å². The number of hydrazine groups is 1. The molecule has 0 aliphatic rings. The van der Waals surface area contributed by atoms with Gasteiger partial charge in [-0.2, -0.15) is 13.2 Å². The molecule has 0 aliphatic heterocycles. The Kier molecular flexibility index (Phi) is 4.75. The number of rotatable bonds is 3. The molecule has 0 atom stereocenters. The van der Waals surface area contributed by atoms with Crippen molar-refractivity contribution in [3.05, 3.63) is 29.6 Å². The third kappa shape index (κ3) is 4.48. The SMILES string of the molecule is CN(NCc1ccc(C(F)(F)F)cn1)C(=O)C(C)(C)C. The maximum absolute atomic E-state index is 12.4. The van der Waals surface area contributed by atoms with E-state index in [1.54, 1.807) is 27.8 Å². The van der Waals surface area contributed by atoms with Gasteiger partial charge < -0.3 is 0 Å². The third-order valence-corrected chi connectivity index (χ3v) is 2.60. The summed E-state index contributed by atoms with van der Waals surface area (Å²) < 4.78 is 37.1. The Bertz CT molecular complexity index is 463. The molecule has 0 saturated carbocycles. The van der Waals surface area contributed by atoms with Crippen LogP contribution in [-0.2, 0) is 17.5 Å². The first kappa shape index (κ1) is 16.4. The number of halogens is 3. The molecule has 0 bridgehead atoms. The minimum atomic E-state index is -4.39. The highest BCUT2D eigenvalue weighted by atomic mass is 19.4. The van der Waals surface area contributed by atoms with Crippen LogP contribution in [0.2, 0.25) is 0 Å². The first-order valence-corrected chi connectivity index (χ1v) is 6.05. The summed E-state index contributed by atoms with van der Waals surface area (Å²) in [6, 6.07) is 2.25. The average molecular weight is 289 g/mol. The third-order valence-electron chi connectivity index (χ3n) is 2.60. The highest BCUT2D eigenvalue weighted by Gasteiger charge is 2.30. The summed E-state index contributed by atoms with van der Waals surface area (Å²) in [6.45, 7) is 5.52. The van der Waals surface area contributed by atoms with Crippen LogP contribution in [0.3, 0.4) is 0 Å². The van der Waals surface area contributed by atoms with Crippen LogP contribution in [0.15, 0.2) is 18.3 Å². The van der Waals surface area contributed by atoms with Crippen LogP contribution in [0.4, 0.5) is 13.2 Å². The Labute approximate surface area is 116 Å². The molecular weight excluding hydrogens is 271 g/mol. The van der Waals surface area contributed by atoms with Crippen LogP contribution in [-0.4, -0.2) is 22.9 Å². The predicted octanol–water partition coefficient (Wildman–Crippen LogP) is 2.61. The average Bonchev–Trinajstić information content (AvgIpc) is 2.33. The molecule has 4 nitrogen and oxygen atoms in total. The number of hydrogen-bond acceptors (Lipinski definition) is 3. The molecule has 7 heteroatoms. The number of amides is 1. The Hall–Kier alpha value is -1.63. The second-order valence-electron chi connectivity index (χ2n) is 5.49. The van der Waals surface area contributed by atoms with E-state index >= 15 is 0 Å². The van der Waals surface area contributed by atoms with Gasteiger partial charge in [-0.25, -0.2) is 5.43 Å². The van der Waals surface area contributed by atoms with Crippen molar-refractivity contribution >= 4 is 5.91 Å². The zero-order chi connectivity index (χ0) is 15.6. The molecule has 1 N–H and O–H groups in total. The van der Waals surface area contributed by atoms with E-state index in [1.807, 2.05) is 0 Å². The van der Waals surface area contributed by atoms with Crippen molar-refractivity contribution in [2.75, 3.05) is 7.05 Å². The number of aromatic nitrogens is 1. The largest absolute Gasteiger partial charge is 0.417 e. The summed E-state index contributed by atoms with van der Waals surface area (Å²) in [7, 11) is 1.57. The van der Waals surface area contributed by atoms with E-state index in [0.29, 0.717) is 5.69 Å². The molecule has 0 saturated heterocycles. The summed E-state index contributed by atoms with van der Waals surface area (Å²) in [5.41, 5.74) is 1.90. The van der Waals surface area contributed by atoms with Crippen LogP contribution < -0.4 is 5.43 Å². The predicted molar refractivity (Wildman–Crippen MR) is 68.3 cm³/mol. The van der Waals surface area contributed by atoms with Crippen LogP contribution in [0.1, 0.15) is 32.0 Å². The first-order valence-electron chi connectivity index (χ1n) is 6.05. The summed E-state index contributed by atoms with van der Waals surface area (Å²) in [5.74, 6) is -0.121. The number of carbonyl (C=O) groups excluding carboxylic acids is 1. The summed E-state index contributed by atoms with van der Waals surface area (Å²) in [4.78, 5) is 15.6. The molecule has 0 unspecified atom stereocenters. The van der Waals surface area contributed by atoms with Gasteiger partial charge in [0.25, 0.3) is 0 Å². The lowest BCUT2D eigenvalue weighted by molar-refractivity contribution is -0.141. The lowest BCUT2D eigenvalue weighted by Gasteiger charge is -2.26. The second kappa shape index (κ2) is 5.78. The summed E-state index contributed by atoms with van der Waals surface area (Å²) >= 11 is 0. The van der Waals surface area contributed by atoms with Gasteiger partial charge in [-0.05, 0) is 12.1 Å². The van der Waals surface area contributed by atoms with Gasteiger partial charge in [0.05, 0.1) is 17.8 Å². The van der Waals surface area contributed by atoms with Gasteiger partial charge in [0.2, 0.25) is 5.91 Å². The minimum Gasteiger partial charge on any atom is -0.280 e. The highest BCUT2D eigenvalue weighted by molar-refractivity contribution is 5.80. The standard InChI is InChI=1S/C13H18F3N3O/c1-12(2,3)11(20)19(4)18-8-10-6-5-9(7-17-10)13(14,15)16/h5-7,18H,8H2,1-4H3. The summed E-state index contributed by atoms with van der Waals surface area (Å²) in [5, 5.41) is 1.32. The van der Waals surface area contributed by atoms with Crippen LogP contribution in [0, 0.1) is 5.41 Å². The van der Waals surface area contributed by atoms with E-state index in [9.17, 15) is 18.0 Å². The molecule has 20 heavy (non-hydrogen) atoms. The molecule has 0 fully saturated rings. The zero-order valence-corrected chi connectivity index (χ0v) is 11.9. The van der Waals surface area contributed by atoms with Crippen molar-refractivity contribution in [3.63, 3.8) is 0 Å². The second-order valence-corrected chi connectivity index (χ2v) is 5.49. The normalized spacial score (nSPS) is 12.3. The molecule has 0 aromatic carbocycles. The van der Waals surface area contributed by atoms with Gasteiger partial charge >= 0.3 is 6.18 Å². The Morgan fingerprint density at radius 3 is 2.30 bits per heavy atom. The first-order chi connectivity index (χ1) is 9.01. The Balaban J connectivity index is 2.61. The highest BCUT2D eigenvalue weighted by Crippen LogP contribution is 2.28. The fourth-order valence-electron chi connectivity index (χ4n) is 1.47. The maximum atomic E-state index is 12.4. The van der Waals surface area contributed by atoms with Crippen molar-refractivity contribution in [3.8, 4) is 0 Å². The van der Waals surface area contributed by atoms with Crippen molar-refractivity contribution < 1.29 is 18.0 Å². The van der Waals surface area contributed by atoms with Gasteiger partial charge in [0.1, 0.15) is 0 Å². The molecule has 0 radical (unpaired) electrons. The van der Waals surface area contributed by atoms with Crippen molar-refractivity contribution in [1.82, 2.24) is 15.4 Å². The van der Waals surface area contributed by atoms with E-state index in [0.717, 1.165) is 12.3 Å². The topological polar surface area (TPSA) is 45.2 Å². The number of carbonyl (C=O) groups is 1. The molecule has 1 amide bonds. The lowest BCUT2D eigenvalue weighted by atomic mass is 9.96. The molecule has 1 aromatic heterocycles. The van der Waals surface area contributed by atoms with Gasteiger partial charge in [-0.1, -0.05) is 20.8 Å². The molecule has 1 heterocycles.